The number of carbonyl (C=O) groups is 1. The molecule has 0 spiro atoms. The number of hydrogen-bond acceptors (Lipinski definition) is 3. The Bertz CT molecular complexity index is 342. The number of benzene rings is 1. The molecule has 0 saturated carbocycles. The van der Waals surface area contributed by atoms with Gasteiger partial charge in [-0.15, -0.1) is 0 Å². The summed E-state index contributed by atoms with van der Waals surface area (Å²) in [4.78, 5) is 10.8. The number of carbonyl (C=O) groups excluding carboxylic acids is 1. The van der Waals surface area contributed by atoms with Crippen LogP contribution < -0.4 is 4.74 Å². The number of ether oxygens (including phenoxy) is 1. The molecule has 0 atom stereocenters. The smallest absolute Gasteiger partial charge is 0.335 e. The molecule has 0 aliphatic heterocycles. The van der Waals surface area contributed by atoms with Gasteiger partial charge in [-0.25, -0.2) is 4.79 Å². The maximum absolute atomic E-state index is 10.8. The van der Waals surface area contributed by atoms with Crippen LogP contribution in [0.1, 0.15) is 5.56 Å². The molecule has 1 radical (unpaired) electrons. The molecule has 67 valence electrons. The topological polar surface area (TPSA) is 46.5 Å². The fourth-order valence-corrected chi connectivity index (χ4v) is 0.807. The van der Waals surface area contributed by atoms with E-state index in [1.165, 1.54) is 6.07 Å². The lowest BCUT2D eigenvalue weighted by Gasteiger charge is -2.05. The van der Waals surface area contributed by atoms with E-state index in [0.29, 0.717) is 11.3 Å². The van der Waals surface area contributed by atoms with E-state index in [-0.39, 0.29) is 5.75 Å². The number of phenolic OH excluding ortho intramolecular Hbond substituents is 1. The average molecular weight is 177 g/mol. The van der Waals surface area contributed by atoms with Gasteiger partial charge < -0.3 is 9.84 Å². The summed E-state index contributed by atoms with van der Waals surface area (Å²) >= 11 is 0. The van der Waals surface area contributed by atoms with Crippen LogP contribution in [0.5, 0.6) is 11.5 Å². The van der Waals surface area contributed by atoms with Gasteiger partial charge in [-0.3, -0.25) is 0 Å². The largest absolute Gasteiger partial charge is 0.507 e. The molecule has 3 nitrogen and oxygen atoms in total. The van der Waals surface area contributed by atoms with E-state index in [1.54, 1.807) is 13.0 Å². The minimum atomic E-state index is -0.547. The van der Waals surface area contributed by atoms with Crippen molar-refractivity contribution in [1.29, 1.82) is 0 Å². The minimum absolute atomic E-state index is 0.0191. The Morgan fingerprint density at radius 3 is 3.08 bits per heavy atom. The zero-order valence-electron chi connectivity index (χ0n) is 7.20. The summed E-state index contributed by atoms with van der Waals surface area (Å²) in [7, 11) is 0. The fourth-order valence-electron chi connectivity index (χ4n) is 0.807. The molecule has 0 heterocycles. The van der Waals surface area contributed by atoms with Gasteiger partial charge in [0, 0.05) is 17.7 Å². The van der Waals surface area contributed by atoms with Crippen molar-refractivity contribution in [3.63, 3.8) is 0 Å². The number of phenols is 1. The van der Waals surface area contributed by atoms with Crippen molar-refractivity contribution in [2.24, 2.45) is 0 Å². The second-order valence-electron chi connectivity index (χ2n) is 2.44. The van der Waals surface area contributed by atoms with Crippen LogP contribution in [0.15, 0.2) is 24.8 Å². The zero-order chi connectivity index (χ0) is 9.84. The van der Waals surface area contributed by atoms with Crippen molar-refractivity contribution < 1.29 is 14.6 Å². The molecule has 0 unspecified atom stereocenters. The lowest BCUT2D eigenvalue weighted by molar-refractivity contribution is -0.129. The summed E-state index contributed by atoms with van der Waals surface area (Å²) in [5, 5.41) is 9.21. The quantitative estimate of drug-likeness (QED) is 0.424. The SMILES string of the molecule is C=CC(=O)Oc1cc[c]c(O)c1C. The van der Waals surface area contributed by atoms with Gasteiger partial charge in [-0.1, -0.05) is 6.58 Å². The van der Waals surface area contributed by atoms with Crippen LogP contribution in [0.2, 0.25) is 0 Å². The summed E-state index contributed by atoms with van der Waals surface area (Å²) in [5.41, 5.74) is 0.484. The Morgan fingerprint density at radius 1 is 1.77 bits per heavy atom. The van der Waals surface area contributed by atoms with E-state index in [1.807, 2.05) is 0 Å². The van der Waals surface area contributed by atoms with Crippen LogP contribution in [-0.2, 0) is 4.79 Å². The van der Waals surface area contributed by atoms with Crippen LogP contribution in [-0.4, -0.2) is 11.1 Å². The normalized spacial score (nSPS) is 9.31. The third-order valence-electron chi connectivity index (χ3n) is 1.56. The molecular formula is C10H9O3. The highest BCUT2D eigenvalue weighted by Gasteiger charge is 2.06. The third kappa shape index (κ3) is 2.08. The van der Waals surface area contributed by atoms with Gasteiger partial charge in [0.2, 0.25) is 0 Å². The van der Waals surface area contributed by atoms with Crippen molar-refractivity contribution >= 4 is 5.97 Å². The van der Waals surface area contributed by atoms with Gasteiger partial charge in [-0.2, -0.15) is 0 Å². The van der Waals surface area contributed by atoms with Gasteiger partial charge in [0.25, 0.3) is 0 Å². The van der Waals surface area contributed by atoms with E-state index < -0.39 is 5.97 Å². The second kappa shape index (κ2) is 3.76. The summed E-state index contributed by atoms with van der Waals surface area (Å²) < 4.78 is 4.84. The van der Waals surface area contributed by atoms with Crippen molar-refractivity contribution in [2.75, 3.05) is 0 Å². The number of esters is 1. The molecule has 13 heavy (non-hydrogen) atoms. The van der Waals surface area contributed by atoms with Crippen LogP contribution in [0.4, 0.5) is 0 Å². The Labute approximate surface area is 76.3 Å². The van der Waals surface area contributed by atoms with Crippen LogP contribution >= 0.6 is 0 Å². The van der Waals surface area contributed by atoms with Crippen molar-refractivity contribution in [3.8, 4) is 11.5 Å². The molecule has 0 aliphatic carbocycles. The van der Waals surface area contributed by atoms with Gasteiger partial charge in [0.15, 0.2) is 0 Å². The summed E-state index contributed by atoms with van der Waals surface area (Å²) in [6.45, 7) is 4.90. The van der Waals surface area contributed by atoms with Gasteiger partial charge >= 0.3 is 5.97 Å². The molecule has 1 aromatic carbocycles. The van der Waals surface area contributed by atoms with Crippen LogP contribution in [0, 0.1) is 13.0 Å². The second-order valence-corrected chi connectivity index (χ2v) is 2.44. The van der Waals surface area contributed by atoms with Crippen molar-refractivity contribution in [3.05, 3.63) is 36.4 Å². The molecule has 1 N–H and O–H groups in total. The molecule has 1 rings (SSSR count). The summed E-state index contributed by atoms with van der Waals surface area (Å²) in [5.74, 6) is -0.246. The lowest BCUT2D eigenvalue weighted by Crippen LogP contribution is -2.04. The van der Waals surface area contributed by atoms with Gasteiger partial charge in [-0.05, 0) is 19.1 Å². The monoisotopic (exact) mass is 177 g/mol. The maximum atomic E-state index is 10.8. The first-order chi connectivity index (χ1) is 6.15. The zero-order valence-corrected chi connectivity index (χ0v) is 7.20. The molecule has 0 bridgehead atoms. The standard InChI is InChI=1S/C10H9O3/c1-3-10(12)13-9-6-4-5-8(11)7(9)2/h3-4,6,11H,1H2,2H3. The maximum Gasteiger partial charge on any atom is 0.335 e. The highest BCUT2D eigenvalue weighted by Crippen LogP contribution is 2.25. The highest BCUT2D eigenvalue weighted by atomic mass is 16.5. The molecule has 0 amide bonds. The summed E-state index contributed by atoms with van der Waals surface area (Å²) in [6.07, 6.45) is 1.06. The van der Waals surface area contributed by atoms with E-state index in [0.717, 1.165) is 6.08 Å². The molecule has 0 saturated heterocycles. The Hall–Kier alpha value is -1.77. The molecule has 3 heteroatoms. The number of aromatic hydroxyl groups is 1. The lowest BCUT2D eigenvalue weighted by atomic mass is 10.2. The fraction of sp³-hybridized carbons (Fsp3) is 0.100. The van der Waals surface area contributed by atoms with Crippen molar-refractivity contribution in [1.82, 2.24) is 0 Å². The highest BCUT2D eigenvalue weighted by molar-refractivity contribution is 5.83. The first-order valence-electron chi connectivity index (χ1n) is 3.69. The predicted molar refractivity (Wildman–Crippen MR) is 47.5 cm³/mol. The van der Waals surface area contributed by atoms with E-state index in [9.17, 15) is 9.90 Å². The Kier molecular flexibility index (Phi) is 2.69. The molecule has 0 fully saturated rings. The average Bonchev–Trinajstić information content (AvgIpc) is 2.13. The number of hydrogen-bond donors (Lipinski definition) is 1. The van der Waals surface area contributed by atoms with Crippen LogP contribution in [0.25, 0.3) is 0 Å². The minimum Gasteiger partial charge on any atom is -0.507 e. The summed E-state index contributed by atoms with van der Waals surface area (Å²) in [6, 6.07) is 5.60. The predicted octanol–water partition coefficient (Wildman–Crippen LogP) is 1.59. The number of rotatable bonds is 2. The first-order valence-corrected chi connectivity index (χ1v) is 3.69. The first kappa shape index (κ1) is 9.32. The third-order valence-corrected chi connectivity index (χ3v) is 1.56. The van der Waals surface area contributed by atoms with Crippen LogP contribution in [0.3, 0.4) is 0 Å². The van der Waals surface area contributed by atoms with Gasteiger partial charge in [0.05, 0.1) is 0 Å². The van der Waals surface area contributed by atoms with E-state index in [2.05, 4.69) is 12.6 Å². The van der Waals surface area contributed by atoms with Gasteiger partial charge in [0.1, 0.15) is 11.5 Å². The molecule has 0 aromatic heterocycles. The molecule has 0 aliphatic rings. The van der Waals surface area contributed by atoms with E-state index in [4.69, 9.17) is 4.74 Å². The van der Waals surface area contributed by atoms with Crippen molar-refractivity contribution in [2.45, 2.75) is 6.92 Å². The Morgan fingerprint density at radius 2 is 2.46 bits per heavy atom. The Balaban J connectivity index is 2.95. The molecule has 1 aromatic rings. The van der Waals surface area contributed by atoms with E-state index >= 15 is 0 Å². The molecular weight excluding hydrogens is 168 g/mol.